The first kappa shape index (κ1) is 20.2. The average molecular weight is 450 g/mol. The predicted octanol–water partition coefficient (Wildman–Crippen LogP) is 0.110. The molecule has 0 saturated carbocycles. The van der Waals surface area contributed by atoms with Crippen LogP contribution in [0.1, 0.15) is 44.1 Å². The minimum absolute atomic E-state index is 0.0172. The summed E-state index contributed by atoms with van der Waals surface area (Å²) in [4.78, 5) is 66.6. The molecule has 2 aliphatic rings. The van der Waals surface area contributed by atoms with Crippen LogP contribution >= 0.6 is 0 Å². The zero-order valence-electron chi connectivity index (χ0n) is 17.0. The molecule has 1 fully saturated rings. The van der Waals surface area contributed by atoms with Crippen molar-refractivity contribution in [3.05, 3.63) is 47.7 Å². The SMILES string of the molecule is COC(=O)c1ocnc1-c1cn(-c2cccc3c2C(=O)N(C2CCC(=O)NC2=O)C3=O)nn1. The van der Waals surface area contributed by atoms with Gasteiger partial charge in [0.25, 0.3) is 11.8 Å². The lowest BCUT2D eigenvalue weighted by Crippen LogP contribution is -2.54. The quantitative estimate of drug-likeness (QED) is 0.426. The molecular formula is C20H14N6O7. The van der Waals surface area contributed by atoms with Crippen LogP contribution in [0, 0.1) is 0 Å². The zero-order chi connectivity index (χ0) is 23.3. The third-order valence-electron chi connectivity index (χ3n) is 5.37. The molecule has 2 aliphatic heterocycles. The van der Waals surface area contributed by atoms with E-state index in [1.54, 1.807) is 12.1 Å². The second kappa shape index (κ2) is 7.47. The molecule has 13 heteroatoms. The van der Waals surface area contributed by atoms with E-state index in [2.05, 4.69) is 25.3 Å². The standard InChI is InChI=1S/C20H14N6O7/c1-32-20(31)16-15(21-8-33-16)10-7-25(24-23-10)11-4-2-3-9-14(11)19(30)26(18(9)29)12-5-6-13(27)22-17(12)28/h2-4,7-8,12H,5-6H2,1H3,(H,22,27,28). The van der Waals surface area contributed by atoms with Gasteiger partial charge < -0.3 is 9.15 Å². The Morgan fingerprint density at radius 2 is 2.03 bits per heavy atom. The molecule has 166 valence electrons. The number of hydrogen-bond acceptors (Lipinski definition) is 10. The Kier molecular flexibility index (Phi) is 4.58. The summed E-state index contributed by atoms with van der Waals surface area (Å²) in [6.45, 7) is 0. The van der Waals surface area contributed by atoms with Gasteiger partial charge in [0, 0.05) is 6.42 Å². The van der Waals surface area contributed by atoms with Gasteiger partial charge in [0.2, 0.25) is 17.6 Å². The van der Waals surface area contributed by atoms with Gasteiger partial charge in [-0.2, -0.15) is 0 Å². The van der Waals surface area contributed by atoms with Gasteiger partial charge in [0.15, 0.2) is 6.39 Å². The summed E-state index contributed by atoms with van der Waals surface area (Å²) in [5.41, 5.74) is 0.629. The largest absolute Gasteiger partial charge is 0.463 e. The van der Waals surface area contributed by atoms with Crippen LogP contribution in [0.5, 0.6) is 0 Å². The molecule has 1 unspecified atom stereocenters. The van der Waals surface area contributed by atoms with E-state index < -0.39 is 35.6 Å². The lowest BCUT2D eigenvalue weighted by atomic mass is 10.0. The van der Waals surface area contributed by atoms with Crippen molar-refractivity contribution >= 4 is 29.6 Å². The third kappa shape index (κ3) is 3.09. The highest BCUT2D eigenvalue weighted by Crippen LogP contribution is 2.32. The number of esters is 1. The summed E-state index contributed by atoms with van der Waals surface area (Å²) in [5, 5.41) is 10.1. The average Bonchev–Trinajstić information content (AvgIpc) is 3.53. The van der Waals surface area contributed by atoms with Crippen LogP contribution in [0.3, 0.4) is 0 Å². The first-order valence-electron chi connectivity index (χ1n) is 9.70. The number of piperidine rings is 1. The zero-order valence-corrected chi connectivity index (χ0v) is 17.0. The van der Waals surface area contributed by atoms with E-state index in [4.69, 9.17) is 4.42 Å². The van der Waals surface area contributed by atoms with Gasteiger partial charge in [-0.15, -0.1) is 5.10 Å². The summed E-state index contributed by atoms with van der Waals surface area (Å²) in [6, 6.07) is 3.49. The number of carbonyl (C=O) groups is 5. The van der Waals surface area contributed by atoms with Crippen molar-refractivity contribution in [1.29, 1.82) is 0 Å². The molecule has 5 rings (SSSR count). The normalized spacial score (nSPS) is 17.8. The van der Waals surface area contributed by atoms with Crippen molar-refractivity contribution in [2.75, 3.05) is 7.11 Å². The molecule has 4 heterocycles. The third-order valence-corrected chi connectivity index (χ3v) is 5.37. The van der Waals surface area contributed by atoms with Crippen molar-refractivity contribution in [3.8, 4) is 17.1 Å². The Morgan fingerprint density at radius 1 is 1.21 bits per heavy atom. The van der Waals surface area contributed by atoms with E-state index in [1.807, 2.05) is 0 Å². The summed E-state index contributed by atoms with van der Waals surface area (Å²) >= 11 is 0. The van der Waals surface area contributed by atoms with E-state index in [0.717, 1.165) is 11.3 Å². The van der Waals surface area contributed by atoms with Crippen LogP contribution in [0.25, 0.3) is 17.1 Å². The van der Waals surface area contributed by atoms with Crippen LogP contribution in [0.2, 0.25) is 0 Å². The Balaban J connectivity index is 1.53. The minimum Gasteiger partial charge on any atom is -0.463 e. The van der Waals surface area contributed by atoms with Gasteiger partial charge >= 0.3 is 5.97 Å². The molecule has 13 nitrogen and oxygen atoms in total. The number of aromatic nitrogens is 4. The number of benzene rings is 1. The van der Waals surface area contributed by atoms with E-state index in [0.29, 0.717) is 0 Å². The molecule has 1 atom stereocenters. The highest BCUT2D eigenvalue weighted by molar-refractivity contribution is 6.24. The first-order valence-corrected chi connectivity index (χ1v) is 9.70. The predicted molar refractivity (Wildman–Crippen MR) is 105 cm³/mol. The molecule has 33 heavy (non-hydrogen) atoms. The molecule has 0 aliphatic carbocycles. The second-order valence-corrected chi connectivity index (χ2v) is 7.22. The fourth-order valence-corrected chi connectivity index (χ4v) is 3.84. The number of fused-ring (bicyclic) bond motifs is 1. The van der Waals surface area contributed by atoms with Crippen LogP contribution in [-0.2, 0) is 14.3 Å². The Labute approximate surface area is 184 Å². The molecular weight excluding hydrogens is 436 g/mol. The number of methoxy groups -OCH3 is 1. The Bertz CT molecular complexity index is 1360. The second-order valence-electron chi connectivity index (χ2n) is 7.22. The van der Waals surface area contributed by atoms with Gasteiger partial charge in [-0.25, -0.2) is 14.5 Å². The van der Waals surface area contributed by atoms with Crippen LogP contribution in [0.15, 0.2) is 35.2 Å². The molecule has 1 N–H and O–H groups in total. The number of ether oxygens (including phenoxy) is 1. The summed E-state index contributed by atoms with van der Waals surface area (Å²) in [7, 11) is 1.19. The molecule has 4 amide bonds. The molecule has 0 spiro atoms. The maximum atomic E-state index is 13.2. The number of nitrogens with zero attached hydrogens (tertiary/aromatic N) is 5. The van der Waals surface area contributed by atoms with Gasteiger partial charge in [-0.05, 0) is 18.6 Å². The van der Waals surface area contributed by atoms with E-state index in [1.165, 1.54) is 24.1 Å². The molecule has 3 aromatic rings. The van der Waals surface area contributed by atoms with Crippen molar-refractivity contribution in [2.45, 2.75) is 18.9 Å². The van der Waals surface area contributed by atoms with Gasteiger partial charge in [-0.3, -0.25) is 29.4 Å². The number of hydrogen-bond donors (Lipinski definition) is 1. The van der Waals surface area contributed by atoms with Gasteiger partial charge in [0.1, 0.15) is 17.4 Å². The molecule has 1 aromatic carbocycles. The van der Waals surface area contributed by atoms with E-state index in [9.17, 15) is 24.0 Å². The Morgan fingerprint density at radius 3 is 2.79 bits per heavy atom. The van der Waals surface area contributed by atoms with Crippen molar-refractivity contribution in [2.24, 2.45) is 0 Å². The van der Waals surface area contributed by atoms with E-state index in [-0.39, 0.29) is 46.8 Å². The number of carbonyl (C=O) groups excluding carboxylic acids is 5. The maximum absolute atomic E-state index is 13.2. The highest BCUT2D eigenvalue weighted by Gasteiger charge is 2.46. The highest BCUT2D eigenvalue weighted by atomic mass is 16.5. The van der Waals surface area contributed by atoms with Crippen LogP contribution in [-0.4, -0.2) is 67.6 Å². The first-order chi connectivity index (χ1) is 15.9. The number of rotatable bonds is 4. The fraction of sp³-hybridized carbons (Fsp3) is 0.200. The summed E-state index contributed by atoms with van der Waals surface area (Å²) in [6.07, 6.45) is 2.53. The van der Waals surface area contributed by atoms with Gasteiger partial charge in [0.05, 0.1) is 30.1 Å². The lowest BCUT2D eigenvalue weighted by Gasteiger charge is -2.27. The number of amides is 4. The molecule has 1 saturated heterocycles. The van der Waals surface area contributed by atoms with Crippen molar-refractivity contribution < 1.29 is 33.1 Å². The number of imide groups is 2. The van der Waals surface area contributed by atoms with Crippen LogP contribution < -0.4 is 5.32 Å². The number of nitrogens with one attached hydrogen (secondary N) is 1. The molecule has 2 aromatic heterocycles. The number of oxazole rings is 1. The monoisotopic (exact) mass is 450 g/mol. The van der Waals surface area contributed by atoms with Gasteiger partial charge in [-0.1, -0.05) is 11.3 Å². The van der Waals surface area contributed by atoms with Crippen molar-refractivity contribution in [1.82, 2.24) is 30.2 Å². The lowest BCUT2D eigenvalue weighted by molar-refractivity contribution is -0.136. The minimum atomic E-state index is -1.09. The maximum Gasteiger partial charge on any atom is 0.376 e. The van der Waals surface area contributed by atoms with Crippen LogP contribution in [0.4, 0.5) is 0 Å². The fourth-order valence-electron chi connectivity index (χ4n) is 3.84. The summed E-state index contributed by atoms with van der Waals surface area (Å²) in [5.74, 6) is -3.41. The topological polar surface area (TPSA) is 167 Å². The smallest absolute Gasteiger partial charge is 0.376 e. The molecule has 0 bridgehead atoms. The van der Waals surface area contributed by atoms with Crippen molar-refractivity contribution in [3.63, 3.8) is 0 Å². The summed E-state index contributed by atoms with van der Waals surface area (Å²) < 4.78 is 11.0. The van der Waals surface area contributed by atoms with E-state index >= 15 is 0 Å². The molecule has 0 radical (unpaired) electrons. The Hall–Kier alpha value is -4.68.